The zero-order valence-electron chi connectivity index (χ0n) is 5.13. The van der Waals surface area contributed by atoms with Gasteiger partial charge in [-0.3, -0.25) is 0 Å². The molecule has 0 fully saturated rings. The predicted octanol–water partition coefficient (Wildman–Crippen LogP) is 2.86. The van der Waals surface area contributed by atoms with E-state index in [9.17, 15) is 8.78 Å². The summed E-state index contributed by atoms with van der Waals surface area (Å²) >= 11 is 4.68. The fourth-order valence-electron chi connectivity index (χ4n) is 0. The summed E-state index contributed by atoms with van der Waals surface area (Å²) in [6, 6.07) is 0. The van der Waals surface area contributed by atoms with E-state index in [0.29, 0.717) is 0 Å². The van der Waals surface area contributed by atoms with E-state index in [2.05, 4.69) is 11.6 Å². The van der Waals surface area contributed by atoms with Gasteiger partial charge in [0.15, 0.2) is 0 Å². The van der Waals surface area contributed by atoms with Gasteiger partial charge in [-0.15, -0.1) is 0 Å². The molecule has 0 atom stereocenters. The molecule has 0 spiro atoms. The first kappa shape index (κ1) is 8.15. The molecule has 0 amide bonds. The lowest BCUT2D eigenvalue weighted by Gasteiger charge is -2.23. The van der Waals surface area contributed by atoms with Gasteiger partial charge in [-0.05, 0) is 11.6 Å². The molecule has 0 aromatic heterocycles. The summed E-state index contributed by atoms with van der Waals surface area (Å²) in [5, 5.41) is -3.09. The van der Waals surface area contributed by atoms with Gasteiger partial charge in [-0.25, -0.2) is 0 Å². The van der Waals surface area contributed by atoms with Crippen molar-refractivity contribution in [3.8, 4) is 0 Å². The zero-order chi connectivity index (χ0) is 7.00. The molecule has 0 heterocycles. The first-order chi connectivity index (χ1) is 3.25. The summed E-state index contributed by atoms with van der Waals surface area (Å²) in [5.41, 5.74) is -1.13. The molecular formula is C5H9ClF2. The Morgan fingerprint density at radius 1 is 1.12 bits per heavy atom. The van der Waals surface area contributed by atoms with Gasteiger partial charge >= 0.3 is 5.38 Å². The molecule has 0 saturated carbocycles. The number of alkyl halides is 3. The van der Waals surface area contributed by atoms with Gasteiger partial charge in [0.05, 0.1) is 0 Å². The Kier molecular flexibility index (Phi) is 1.87. The Morgan fingerprint density at radius 3 is 1.25 bits per heavy atom. The molecule has 0 aromatic rings. The van der Waals surface area contributed by atoms with Crippen molar-refractivity contribution < 1.29 is 8.78 Å². The maximum Gasteiger partial charge on any atom is 0.326 e. The minimum absolute atomic E-state index is 1.13. The molecule has 0 aromatic carbocycles. The summed E-state index contributed by atoms with van der Waals surface area (Å²) in [7, 11) is 0. The van der Waals surface area contributed by atoms with E-state index in [1.165, 1.54) is 20.8 Å². The van der Waals surface area contributed by atoms with Crippen molar-refractivity contribution in [2.24, 2.45) is 5.41 Å². The molecule has 0 unspecified atom stereocenters. The van der Waals surface area contributed by atoms with Crippen LogP contribution in [-0.4, -0.2) is 5.38 Å². The topological polar surface area (TPSA) is 0 Å². The van der Waals surface area contributed by atoms with Gasteiger partial charge < -0.3 is 0 Å². The van der Waals surface area contributed by atoms with Crippen LogP contribution in [0.5, 0.6) is 0 Å². The highest BCUT2D eigenvalue weighted by atomic mass is 35.5. The van der Waals surface area contributed by atoms with Crippen LogP contribution >= 0.6 is 11.6 Å². The lowest BCUT2D eigenvalue weighted by molar-refractivity contribution is -0.0142. The van der Waals surface area contributed by atoms with Crippen molar-refractivity contribution in [1.29, 1.82) is 0 Å². The molecule has 0 N–H and O–H groups in total. The number of rotatable bonds is 0. The van der Waals surface area contributed by atoms with E-state index in [1.807, 2.05) is 0 Å². The molecule has 0 aliphatic carbocycles. The summed E-state index contributed by atoms with van der Waals surface area (Å²) < 4.78 is 24.0. The zero-order valence-corrected chi connectivity index (χ0v) is 5.89. The van der Waals surface area contributed by atoms with Crippen LogP contribution in [0.4, 0.5) is 8.78 Å². The van der Waals surface area contributed by atoms with Gasteiger partial charge in [0.25, 0.3) is 0 Å². The van der Waals surface area contributed by atoms with Crippen molar-refractivity contribution in [1.82, 2.24) is 0 Å². The average molecular weight is 143 g/mol. The Bertz CT molecular complexity index is 65.4. The van der Waals surface area contributed by atoms with Gasteiger partial charge in [0.1, 0.15) is 0 Å². The predicted molar refractivity (Wildman–Crippen MR) is 30.3 cm³/mol. The Balaban J connectivity index is 4.02. The first-order valence-electron chi connectivity index (χ1n) is 2.32. The molecule has 0 rings (SSSR count). The van der Waals surface area contributed by atoms with Crippen molar-refractivity contribution in [3.63, 3.8) is 0 Å². The highest BCUT2D eigenvalue weighted by Crippen LogP contribution is 2.38. The molecule has 0 aliphatic rings. The van der Waals surface area contributed by atoms with Gasteiger partial charge in [-0.2, -0.15) is 8.78 Å². The summed E-state index contributed by atoms with van der Waals surface area (Å²) in [6.45, 7) is 4.17. The van der Waals surface area contributed by atoms with Gasteiger partial charge in [0, 0.05) is 5.41 Å². The molecule has 3 heteroatoms. The lowest BCUT2D eigenvalue weighted by Crippen LogP contribution is -2.27. The third-order valence-electron chi connectivity index (χ3n) is 0.850. The smallest absolute Gasteiger partial charge is 0.188 e. The minimum atomic E-state index is -3.09. The van der Waals surface area contributed by atoms with Crippen LogP contribution in [0.1, 0.15) is 20.8 Å². The maximum absolute atomic E-state index is 12.0. The van der Waals surface area contributed by atoms with E-state index in [1.54, 1.807) is 0 Å². The van der Waals surface area contributed by atoms with Gasteiger partial charge in [0.2, 0.25) is 0 Å². The Hall–Kier alpha value is 0.150. The largest absolute Gasteiger partial charge is 0.326 e. The minimum Gasteiger partial charge on any atom is -0.188 e. The van der Waals surface area contributed by atoms with Crippen molar-refractivity contribution in [2.75, 3.05) is 0 Å². The molecule has 8 heavy (non-hydrogen) atoms. The van der Waals surface area contributed by atoms with E-state index in [0.717, 1.165) is 0 Å². The number of hydrogen-bond donors (Lipinski definition) is 0. The number of hydrogen-bond acceptors (Lipinski definition) is 0. The highest BCUT2D eigenvalue weighted by molar-refractivity contribution is 6.22. The van der Waals surface area contributed by atoms with Crippen LogP contribution in [0.15, 0.2) is 0 Å². The van der Waals surface area contributed by atoms with Crippen LogP contribution in [-0.2, 0) is 0 Å². The van der Waals surface area contributed by atoms with Crippen LogP contribution in [0.2, 0.25) is 0 Å². The number of halogens is 3. The normalized spacial score (nSPS) is 14.2. The van der Waals surface area contributed by atoms with E-state index < -0.39 is 10.8 Å². The van der Waals surface area contributed by atoms with Crippen LogP contribution in [0, 0.1) is 5.41 Å². The molecule has 0 bridgehead atoms. The lowest BCUT2D eigenvalue weighted by atomic mass is 9.98. The second-order valence-electron chi connectivity index (χ2n) is 2.75. The van der Waals surface area contributed by atoms with Crippen LogP contribution in [0.3, 0.4) is 0 Å². The van der Waals surface area contributed by atoms with Crippen molar-refractivity contribution in [3.05, 3.63) is 0 Å². The standard InChI is InChI=1S/C5H9ClF2/c1-4(2,3)5(6,7)8/h1-3H3. The summed E-state index contributed by atoms with van der Waals surface area (Å²) in [5.74, 6) is 0. The Morgan fingerprint density at radius 2 is 1.25 bits per heavy atom. The van der Waals surface area contributed by atoms with Crippen LogP contribution < -0.4 is 0 Å². The monoisotopic (exact) mass is 142 g/mol. The molecule has 0 saturated heterocycles. The second-order valence-corrected chi connectivity index (χ2v) is 3.22. The third-order valence-corrected chi connectivity index (χ3v) is 1.42. The maximum atomic E-state index is 12.0. The fourth-order valence-corrected chi connectivity index (χ4v) is 0. The second kappa shape index (κ2) is 1.83. The van der Waals surface area contributed by atoms with E-state index in [-0.39, 0.29) is 0 Å². The molecule has 50 valence electrons. The quantitative estimate of drug-likeness (QED) is 0.457. The highest BCUT2D eigenvalue weighted by Gasteiger charge is 2.40. The van der Waals surface area contributed by atoms with E-state index >= 15 is 0 Å². The average Bonchev–Trinajstić information content (AvgIpc) is 1.25. The molecule has 0 nitrogen and oxygen atoms in total. The molecule has 0 radical (unpaired) electrons. The van der Waals surface area contributed by atoms with Crippen molar-refractivity contribution >= 4 is 11.6 Å². The molecule has 0 aliphatic heterocycles. The fraction of sp³-hybridized carbons (Fsp3) is 1.00. The first-order valence-corrected chi connectivity index (χ1v) is 2.69. The molecular weight excluding hydrogens is 134 g/mol. The van der Waals surface area contributed by atoms with Gasteiger partial charge in [-0.1, -0.05) is 20.8 Å². The van der Waals surface area contributed by atoms with Crippen LogP contribution in [0.25, 0.3) is 0 Å². The third kappa shape index (κ3) is 1.95. The summed E-state index contributed by atoms with van der Waals surface area (Å²) in [6.07, 6.45) is 0. The Labute approximate surface area is 52.8 Å². The summed E-state index contributed by atoms with van der Waals surface area (Å²) in [4.78, 5) is 0. The van der Waals surface area contributed by atoms with E-state index in [4.69, 9.17) is 0 Å². The van der Waals surface area contributed by atoms with Crippen molar-refractivity contribution in [2.45, 2.75) is 26.2 Å². The SMILES string of the molecule is CC(C)(C)C(F)(F)Cl.